The highest BCUT2D eigenvalue weighted by molar-refractivity contribution is 6.01. The molecule has 41 heavy (non-hydrogen) atoms. The van der Waals surface area contributed by atoms with Gasteiger partial charge in [-0.1, -0.05) is 6.07 Å². The van der Waals surface area contributed by atoms with Gasteiger partial charge in [0.2, 0.25) is 17.7 Å². The first kappa shape index (κ1) is 27.5. The van der Waals surface area contributed by atoms with E-state index >= 15 is 0 Å². The van der Waals surface area contributed by atoms with E-state index in [0.717, 1.165) is 49.7 Å². The second-order valence-electron chi connectivity index (χ2n) is 12.5. The van der Waals surface area contributed by atoms with Crippen molar-refractivity contribution >= 4 is 29.3 Å². The van der Waals surface area contributed by atoms with Crippen molar-refractivity contribution in [2.24, 2.45) is 17.8 Å². The Hall–Kier alpha value is -3.69. The number of hydrogen-bond acceptors (Lipinski definition) is 5. The lowest BCUT2D eigenvalue weighted by atomic mass is 9.88. The van der Waals surface area contributed by atoms with Gasteiger partial charge in [0.05, 0.1) is 6.04 Å². The molecule has 218 valence electrons. The number of amides is 4. The number of benzene rings is 1. The van der Waals surface area contributed by atoms with Gasteiger partial charge in [0.1, 0.15) is 17.8 Å². The van der Waals surface area contributed by atoms with E-state index in [0.29, 0.717) is 36.2 Å². The van der Waals surface area contributed by atoms with Crippen LogP contribution in [0.3, 0.4) is 0 Å². The summed E-state index contributed by atoms with van der Waals surface area (Å²) in [5, 5.41) is 13.3. The van der Waals surface area contributed by atoms with Crippen LogP contribution < -0.4 is 16.0 Å². The summed E-state index contributed by atoms with van der Waals surface area (Å²) in [6.45, 7) is 6.01. The number of carbonyl (C=O) groups excluding carboxylic acids is 4. The summed E-state index contributed by atoms with van der Waals surface area (Å²) >= 11 is 0. The Bertz CT molecular complexity index is 1350. The molecule has 3 aliphatic carbocycles. The summed E-state index contributed by atoms with van der Waals surface area (Å²) in [7, 11) is 0. The van der Waals surface area contributed by atoms with Crippen molar-refractivity contribution in [2.45, 2.75) is 89.9 Å². The van der Waals surface area contributed by atoms with Gasteiger partial charge in [0, 0.05) is 31.4 Å². The van der Waals surface area contributed by atoms with Gasteiger partial charge in [-0.3, -0.25) is 23.9 Å². The van der Waals surface area contributed by atoms with E-state index in [4.69, 9.17) is 0 Å². The minimum Gasteiger partial charge on any atom is -0.344 e. The molecular weight excluding hydrogens is 520 g/mol. The van der Waals surface area contributed by atoms with Crippen LogP contribution in [0.15, 0.2) is 30.5 Å². The monoisotopic (exact) mass is 560 g/mol. The third kappa shape index (κ3) is 5.61. The number of aromatic nitrogens is 2. The summed E-state index contributed by atoms with van der Waals surface area (Å²) in [6, 6.07) is 6.56. The lowest BCUT2D eigenvalue weighted by Crippen LogP contribution is -2.50. The quantitative estimate of drug-likeness (QED) is 0.411. The maximum absolute atomic E-state index is 13.8. The Morgan fingerprint density at radius 3 is 2.39 bits per heavy atom. The van der Waals surface area contributed by atoms with Gasteiger partial charge in [-0.05, 0) is 106 Å². The molecule has 1 aromatic carbocycles. The van der Waals surface area contributed by atoms with Crippen LogP contribution in [0.4, 0.5) is 5.69 Å². The van der Waals surface area contributed by atoms with Gasteiger partial charge >= 0.3 is 0 Å². The van der Waals surface area contributed by atoms with Gasteiger partial charge in [-0.2, -0.15) is 5.10 Å². The maximum Gasteiger partial charge on any atom is 0.270 e. The summed E-state index contributed by atoms with van der Waals surface area (Å²) < 4.78 is 1.69. The largest absolute Gasteiger partial charge is 0.344 e. The highest BCUT2D eigenvalue weighted by Crippen LogP contribution is 2.51. The number of hydrogen-bond donors (Lipinski definition) is 3. The van der Waals surface area contributed by atoms with E-state index in [1.54, 1.807) is 16.9 Å². The van der Waals surface area contributed by atoms with Crippen molar-refractivity contribution < 1.29 is 19.2 Å². The fourth-order valence-electron chi connectivity index (χ4n) is 6.96. The zero-order valence-electron chi connectivity index (χ0n) is 24.1. The van der Waals surface area contributed by atoms with E-state index in [-0.39, 0.29) is 41.6 Å². The van der Waals surface area contributed by atoms with Crippen LogP contribution >= 0.6 is 0 Å². The van der Waals surface area contributed by atoms with E-state index < -0.39 is 12.1 Å². The Kier molecular flexibility index (Phi) is 7.34. The number of anilines is 1. The molecule has 2 aromatic rings. The molecule has 3 N–H and O–H groups in total. The van der Waals surface area contributed by atoms with Gasteiger partial charge in [0.25, 0.3) is 5.91 Å². The van der Waals surface area contributed by atoms with Crippen LogP contribution in [0.5, 0.6) is 0 Å². The molecule has 1 aromatic heterocycles. The molecule has 1 aliphatic heterocycles. The van der Waals surface area contributed by atoms with Crippen molar-refractivity contribution in [3.63, 3.8) is 0 Å². The fourth-order valence-corrected chi connectivity index (χ4v) is 6.96. The number of carbonyl (C=O) groups is 4. The molecule has 2 heterocycles. The van der Waals surface area contributed by atoms with Crippen molar-refractivity contribution in [1.82, 2.24) is 25.3 Å². The average molecular weight is 561 g/mol. The molecule has 10 heteroatoms. The topological polar surface area (TPSA) is 125 Å². The zero-order valence-corrected chi connectivity index (χ0v) is 24.1. The summed E-state index contributed by atoms with van der Waals surface area (Å²) in [6.07, 6.45) is 8.27. The third-order valence-electron chi connectivity index (χ3n) is 9.13. The van der Waals surface area contributed by atoms with Gasteiger partial charge in [0.15, 0.2) is 0 Å². The molecule has 0 spiro atoms. The van der Waals surface area contributed by atoms with Crippen molar-refractivity contribution in [2.75, 3.05) is 11.9 Å². The molecule has 0 radical (unpaired) electrons. The van der Waals surface area contributed by atoms with E-state index in [9.17, 15) is 19.2 Å². The van der Waals surface area contributed by atoms with Crippen LogP contribution in [-0.2, 0) is 20.8 Å². The maximum atomic E-state index is 13.8. The Morgan fingerprint density at radius 2 is 1.73 bits per heavy atom. The van der Waals surface area contributed by atoms with E-state index in [1.807, 2.05) is 36.9 Å². The minimum absolute atomic E-state index is 0.0204. The molecule has 0 unspecified atom stereocenters. The predicted molar refractivity (Wildman–Crippen MR) is 153 cm³/mol. The van der Waals surface area contributed by atoms with Crippen LogP contribution in [0.2, 0.25) is 0 Å². The minimum atomic E-state index is -0.619. The molecule has 1 saturated heterocycles. The molecule has 4 amide bonds. The molecule has 0 bridgehead atoms. The molecule has 4 aliphatic rings. The molecule has 2 saturated carbocycles. The van der Waals surface area contributed by atoms with E-state index in [2.05, 4.69) is 21.0 Å². The normalized spacial score (nSPS) is 22.7. The first-order chi connectivity index (χ1) is 19.7. The molecule has 10 nitrogen and oxygen atoms in total. The molecular formula is C31H40N6O4. The van der Waals surface area contributed by atoms with Crippen LogP contribution in [0, 0.1) is 17.8 Å². The smallest absolute Gasteiger partial charge is 0.270 e. The van der Waals surface area contributed by atoms with Crippen LogP contribution in [-0.4, -0.2) is 56.9 Å². The Balaban J connectivity index is 1.18. The second-order valence-corrected chi connectivity index (χ2v) is 12.5. The standard InChI is InChI=1S/C31H40N6O4/c1-17(2)37-26(12-14-32-37)29(39)35-28(27(19-4-5-19)20-6-7-20)30(40)34-22-9-10-23-21(16-22)8-11-25(23)36-15-13-24(31(36)41)33-18(3)38/h9-10,12,14,16-17,19-20,24-25,27-28H,4-8,11,13,15H2,1-3H3,(H,33,38)(H,34,40)(H,35,39)/t24-,25+,28-/m0/s1. The number of nitrogens with one attached hydrogen (secondary N) is 3. The SMILES string of the molecule is CC(=O)N[C@H]1CCN([C@@H]2CCc3cc(NC(=O)[C@@H](NC(=O)c4ccnn4C(C)C)C(C4CC4)C4CC4)ccc32)C1=O. The Labute approximate surface area is 240 Å². The first-order valence-electron chi connectivity index (χ1n) is 15.1. The van der Waals surface area contributed by atoms with Crippen molar-refractivity contribution in [3.05, 3.63) is 47.3 Å². The molecule has 6 rings (SSSR count). The number of fused-ring (bicyclic) bond motifs is 1. The Morgan fingerprint density at radius 1 is 1.00 bits per heavy atom. The average Bonchev–Trinajstić information content (AvgIpc) is 3.82. The molecule has 3 fully saturated rings. The van der Waals surface area contributed by atoms with Gasteiger partial charge in [-0.25, -0.2) is 0 Å². The highest BCUT2D eigenvalue weighted by Gasteiger charge is 2.48. The summed E-state index contributed by atoms with van der Waals surface area (Å²) in [4.78, 5) is 53.6. The number of rotatable bonds is 10. The molecule has 3 atom stereocenters. The zero-order chi connectivity index (χ0) is 28.8. The summed E-state index contributed by atoms with van der Waals surface area (Å²) in [5.74, 6) is 0.391. The van der Waals surface area contributed by atoms with E-state index in [1.165, 1.54) is 6.92 Å². The number of likely N-dealkylation sites (tertiary alicyclic amines) is 1. The second kappa shape index (κ2) is 10.9. The van der Waals surface area contributed by atoms with Gasteiger partial charge in [-0.15, -0.1) is 0 Å². The van der Waals surface area contributed by atoms with Crippen molar-refractivity contribution in [1.29, 1.82) is 0 Å². The fraction of sp³-hybridized carbons (Fsp3) is 0.581. The third-order valence-corrected chi connectivity index (χ3v) is 9.13. The number of nitrogens with zero attached hydrogens (tertiary/aromatic N) is 3. The van der Waals surface area contributed by atoms with Crippen molar-refractivity contribution in [3.8, 4) is 0 Å². The first-order valence-corrected chi connectivity index (χ1v) is 15.1. The lowest BCUT2D eigenvalue weighted by molar-refractivity contribution is -0.133. The predicted octanol–water partition coefficient (Wildman–Crippen LogP) is 3.36. The van der Waals surface area contributed by atoms with Crippen LogP contribution in [0.1, 0.15) is 93.0 Å². The number of aryl methyl sites for hydroxylation is 1. The van der Waals surface area contributed by atoms with Gasteiger partial charge < -0.3 is 20.9 Å². The lowest BCUT2D eigenvalue weighted by Gasteiger charge is -2.28. The summed E-state index contributed by atoms with van der Waals surface area (Å²) in [5.41, 5.74) is 3.38. The highest BCUT2D eigenvalue weighted by atomic mass is 16.2. The van der Waals surface area contributed by atoms with Crippen LogP contribution in [0.25, 0.3) is 0 Å².